The first kappa shape index (κ1) is 7.12. The van der Waals surface area contributed by atoms with E-state index in [4.69, 9.17) is 15.3 Å². The Kier molecular flexibility index (Phi) is 1.48. The van der Waals surface area contributed by atoms with Gasteiger partial charge < -0.3 is 15.3 Å². The summed E-state index contributed by atoms with van der Waals surface area (Å²) in [5.41, 5.74) is 7.48. The Morgan fingerprint density at radius 1 is 1.50 bits per heavy atom. The lowest BCUT2D eigenvalue weighted by atomic mass is 10.3. The number of rotatable bonds is 1. The van der Waals surface area contributed by atoms with Crippen molar-refractivity contribution in [3.05, 3.63) is 24.1 Å². The smallest absolute Gasteiger partial charge is 0.221 e. The highest BCUT2D eigenvalue weighted by molar-refractivity contribution is 5.76. The number of fused-ring (bicyclic) bond motifs is 1. The van der Waals surface area contributed by atoms with Crippen LogP contribution in [0.1, 0.15) is 5.89 Å². The Morgan fingerprint density at radius 2 is 2.33 bits per heavy atom. The van der Waals surface area contributed by atoms with Gasteiger partial charge in [0.15, 0.2) is 5.58 Å². The van der Waals surface area contributed by atoms with Gasteiger partial charge in [0.2, 0.25) is 5.89 Å². The Morgan fingerprint density at radius 3 is 3.08 bits per heavy atom. The third-order valence-electron chi connectivity index (χ3n) is 1.59. The van der Waals surface area contributed by atoms with E-state index in [1.165, 1.54) is 0 Å². The fourth-order valence-electron chi connectivity index (χ4n) is 1.06. The maximum Gasteiger partial charge on any atom is 0.221 e. The molecule has 12 heavy (non-hydrogen) atoms. The van der Waals surface area contributed by atoms with E-state index < -0.39 is 0 Å². The van der Waals surface area contributed by atoms with Gasteiger partial charge in [-0.1, -0.05) is 0 Å². The Balaban J connectivity index is 2.67. The van der Waals surface area contributed by atoms with Gasteiger partial charge in [0, 0.05) is 11.8 Å². The van der Waals surface area contributed by atoms with Crippen molar-refractivity contribution in [1.29, 1.82) is 0 Å². The first-order chi connectivity index (χ1) is 5.79. The molecule has 0 saturated carbocycles. The molecule has 0 bridgehead atoms. The molecule has 0 fully saturated rings. The van der Waals surface area contributed by atoms with E-state index in [1.54, 1.807) is 18.2 Å². The number of benzene rings is 1. The van der Waals surface area contributed by atoms with Gasteiger partial charge in [-0.05, 0) is 12.1 Å². The summed E-state index contributed by atoms with van der Waals surface area (Å²) in [6, 6.07) is 5.18. The lowest BCUT2D eigenvalue weighted by Gasteiger charge is -1.88. The first-order valence-electron chi connectivity index (χ1n) is 3.55. The minimum atomic E-state index is -0.186. The molecule has 1 heterocycles. The van der Waals surface area contributed by atoms with Crippen molar-refractivity contribution in [2.24, 2.45) is 0 Å². The molecular weight excluding hydrogens is 156 g/mol. The van der Waals surface area contributed by atoms with Crippen molar-refractivity contribution in [2.45, 2.75) is 6.61 Å². The summed E-state index contributed by atoms with van der Waals surface area (Å²) < 4.78 is 5.16. The molecule has 4 nitrogen and oxygen atoms in total. The number of hydrogen-bond donors (Lipinski definition) is 2. The van der Waals surface area contributed by atoms with Crippen molar-refractivity contribution in [3.8, 4) is 0 Å². The topological polar surface area (TPSA) is 72.3 Å². The Bertz CT molecular complexity index is 408. The van der Waals surface area contributed by atoms with Crippen molar-refractivity contribution < 1.29 is 9.52 Å². The number of anilines is 1. The molecule has 0 aliphatic heterocycles. The maximum absolute atomic E-state index is 8.72. The fourth-order valence-corrected chi connectivity index (χ4v) is 1.06. The molecule has 1 aromatic heterocycles. The van der Waals surface area contributed by atoms with Crippen LogP contribution in [0.4, 0.5) is 5.69 Å². The standard InChI is InChI=1S/C8H8N2O2/c9-5-1-2-6-7(3-5)12-8(4-11)10-6/h1-3,11H,4,9H2. The van der Waals surface area contributed by atoms with Gasteiger partial charge in [-0.15, -0.1) is 0 Å². The van der Waals surface area contributed by atoms with Crippen molar-refractivity contribution in [3.63, 3.8) is 0 Å². The van der Waals surface area contributed by atoms with Gasteiger partial charge in [0.1, 0.15) is 12.1 Å². The monoisotopic (exact) mass is 164 g/mol. The summed E-state index contributed by atoms with van der Waals surface area (Å²) in [6.07, 6.45) is 0. The third kappa shape index (κ3) is 1.02. The number of nitrogens with two attached hydrogens (primary N) is 1. The quantitative estimate of drug-likeness (QED) is 0.614. The molecule has 0 atom stereocenters. The number of aliphatic hydroxyl groups is 1. The third-order valence-corrected chi connectivity index (χ3v) is 1.59. The number of aliphatic hydroxyl groups excluding tert-OH is 1. The minimum Gasteiger partial charge on any atom is -0.438 e. The highest BCUT2D eigenvalue weighted by Crippen LogP contribution is 2.17. The zero-order chi connectivity index (χ0) is 8.55. The van der Waals surface area contributed by atoms with Gasteiger partial charge >= 0.3 is 0 Å². The van der Waals surface area contributed by atoms with Crippen LogP contribution in [0.15, 0.2) is 22.6 Å². The minimum absolute atomic E-state index is 0.186. The van der Waals surface area contributed by atoms with Crippen LogP contribution < -0.4 is 5.73 Å². The highest BCUT2D eigenvalue weighted by Gasteiger charge is 2.03. The van der Waals surface area contributed by atoms with Crippen molar-refractivity contribution in [2.75, 3.05) is 5.73 Å². The average Bonchev–Trinajstić information content (AvgIpc) is 2.46. The highest BCUT2D eigenvalue weighted by atomic mass is 16.4. The van der Waals surface area contributed by atoms with Crippen LogP contribution in [0.2, 0.25) is 0 Å². The van der Waals surface area contributed by atoms with E-state index in [0.717, 1.165) is 0 Å². The molecule has 0 unspecified atom stereocenters. The zero-order valence-corrected chi connectivity index (χ0v) is 6.32. The van der Waals surface area contributed by atoms with E-state index in [1.807, 2.05) is 0 Å². The van der Waals surface area contributed by atoms with E-state index in [-0.39, 0.29) is 6.61 Å². The SMILES string of the molecule is Nc1ccc2nc(CO)oc2c1. The zero-order valence-electron chi connectivity index (χ0n) is 6.32. The van der Waals surface area contributed by atoms with E-state index >= 15 is 0 Å². The molecule has 0 saturated heterocycles. The van der Waals surface area contributed by atoms with Crippen molar-refractivity contribution >= 4 is 16.8 Å². The van der Waals surface area contributed by atoms with E-state index in [9.17, 15) is 0 Å². The number of aromatic nitrogens is 1. The maximum atomic E-state index is 8.72. The molecule has 0 aliphatic carbocycles. The number of nitrogens with zero attached hydrogens (tertiary/aromatic N) is 1. The van der Waals surface area contributed by atoms with E-state index in [2.05, 4.69) is 4.98 Å². The van der Waals surface area contributed by atoms with Crippen LogP contribution in [-0.2, 0) is 6.61 Å². The molecule has 1 aromatic carbocycles. The normalized spacial score (nSPS) is 10.8. The van der Waals surface area contributed by atoms with Gasteiger partial charge in [-0.2, -0.15) is 0 Å². The Labute approximate surface area is 68.6 Å². The second-order valence-electron chi connectivity index (χ2n) is 2.49. The first-order valence-corrected chi connectivity index (χ1v) is 3.55. The number of oxazole rings is 1. The summed E-state index contributed by atoms with van der Waals surface area (Å²) in [6.45, 7) is -0.186. The van der Waals surface area contributed by atoms with Crippen molar-refractivity contribution in [1.82, 2.24) is 4.98 Å². The fraction of sp³-hybridized carbons (Fsp3) is 0.125. The number of hydrogen-bond acceptors (Lipinski definition) is 4. The lowest BCUT2D eigenvalue weighted by molar-refractivity contribution is 0.244. The van der Waals surface area contributed by atoms with Gasteiger partial charge in [0.25, 0.3) is 0 Å². The molecule has 0 spiro atoms. The molecule has 0 radical (unpaired) electrons. The number of nitrogen functional groups attached to an aromatic ring is 1. The molecule has 3 N–H and O–H groups in total. The van der Waals surface area contributed by atoms with Crippen LogP contribution in [0.5, 0.6) is 0 Å². The molecular formula is C8H8N2O2. The van der Waals surface area contributed by atoms with Gasteiger partial charge in [0.05, 0.1) is 0 Å². The molecule has 2 aromatic rings. The Hall–Kier alpha value is -1.55. The van der Waals surface area contributed by atoms with Gasteiger partial charge in [-0.25, -0.2) is 4.98 Å². The van der Waals surface area contributed by atoms with Crippen LogP contribution >= 0.6 is 0 Å². The van der Waals surface area contributed by atoms with Crippen LogP contribution in [0.3, 0.4) is 0 Å². The van der Waals surface area contributed by atoms with Crippen LogP contribution in [0.25, 0.3) is 11.1 Å². The summed E-state index contributed by atoms with van der Waals surface area (Å²) in [4.78, 5) is 4.00. The molecule has 0 aliphatic rings. The predicted octanol–water partition coefficient (Wildman–Crippen LogP) is 0.902. The van der Waals surface area contributed by atoms with Gasteiger partial charge in [-0.3, -0.25) is 0 Å². The lowest BCUT2D eigenvalue weighted by Crippen LogP contribution is -1.81. The molecule has 2 rings (SSSR count). The molecule has 0 amide bonds. The second-order valence-corrected chi connectivity index (χ2v) is 2.49. The summed E-state index contributed by atoms with van der Waals surface area (Å²) in [5.74, 6) is 0.315. The summed E-state index contributed by atoms with van der Waals surface area (Å²) >= 11 is 0. The second kappa shape index (κ2) is 2.49. The largest absolute Gasteiger partial charge is 0.438 e. The summed E-state index contributed by atoms with van der Waals surface area (Å²) in [7, 11) is 0. The predicted molar refractivity (Wildman–Crippen MR) is 44.3 cm³/mol. The molecule has 62 valence electrons. The molecule has 4 heteroatoms. The van der Waals surface area contributed by atoms with Crippen LogP contribution in [0, 0.1) is 0 Å². The summed E-state index contributed by atoms with van der Waals surface area (Å²) in [5, 5.41) is 8.72. The van der Waals surface area contributed by atoms with Crippen LogP contribution in [-0.4, -0.2) is 10.1 Å². The van der Waals surface area contributed by atoms with E-state index in [0.29, 0.717) is 22.7 Å². The average molecular weight is 164 g/mol.